The molecule has 6 heteroatoms. The van der Waals surface area contributed by atoms with Gasteiger partial charge in [-0.3, -0.25) is 0 Å². The Balaban J connectivity index is 1.89. The number of aromatic nitrogens is 2. The van der Waals surface area contributed by atoms with Gasteiger partial charge >= 0.3 is 5.97 Å². The van der Waals surface area contributed by atoms with Crippen molar-refractivity contribution in [2.75, 3.05) is 25.0 Å². The summed E-state index contributed by atoms with van der Waals surface area (Å²) < 4.78 is 1.88. The Morgan fingerprint density at radius 3 is 3.06 bits per heavy atom. The minimum absolute atomic E-state index is 0.281. The van der Waals surface area contributed by atoms with Crippen LogP contribution >= 0.6 is 0 Å². The average Bonchev–Trinajstić information content (AvgIpc) is 2.83. The number of hydrogen-bond donors (Lipinski definition) is 3. The van der Waals surface area contributed by atoms with Crippen molar-refractivity contribution in [3.63, 3.8) is 0 Å². The van der Waals surface area contributed by atoms with Gasteiger partial charge in [-0.25, -0.2) is 9.48 Å². The van der Waals surface area contributed by atoms with Crippen LogP contribution in [0.5, 0.6) is 0 Å². The molecular formula is C12H18N4O2. The summed E-state index contributed by atoms with van der Waals surface area (Å²) in [7, 11) is 0. The lowest BCUT2D eigenvalue weighted by Crippen LogP contribution is -2.38. The van der Waals surface area contributed by atoms with E-state index in [2.05, 4.69) is 15.7 Å². The van der Waals surface area contributed by atoms with E-state index < -0.39 is 5.97 Å². The first-order valence-electron chi connectivity index (χ1n) is 6.53. The summed E-state index contributed by atoms with van der Waals surface area (Å²) in [6.07, 6.45) is 4.86. The van der Waals surface area contributed by atoms with E-state index in [1.807, 2.05) is 4.68 Å². The molecule has 98 valence electrons. The smallest absolute Gasteiger partial charge is 0.341 e. The topological polar surface area (TPSA) is 79.2 Å². The molecule has 2 aliphatic heterocycles. The van der Waals surface area contributed by atoms with Crippen LogP contribution in [0.15, 0.2) is 6.20 Å². The number of rotatable bonds is 2. The first-order chi connectivity index (χ1) is 8.77. The van der Waals surface area contributed by atoms with Crippen LogP contribution in [0.25, 0.3) is 0 Å². The molecule has 3 heterocycles. The van der Waals surface area contributed by atoms with Crippen LogP contribution in [-0.4, -0.2) is 40.5 Å². The summed E-state index contributed by atoms with van der Waals surface area (Å²) >= 11 is 0. The van der Waals surface area contributed by atoms with Gasteiger partial charge in [0.1, 0.15) is 11.4 Å². The summed E-state index contributed by atoms with van der Waals surface area (Å²) in [5, 5.41) is 20.0. The number of aromatic carboxylic acids is 1. The second kappa shape index (κ2) is 4.61. The Kier molecular flexibility index (Phi) is 2.95. The summed E-state index contributed by atoms with van der Waals surface area (Å²) in [6, 6.07) is 0.321. The van der Waals surface area contributed by atoms with Crippen LogP contribution in [-0.2, 0) is 0 Å². The van der Waals surface area contributed by atoms with Gasteiger partial charge in [0, 0.05) is 6.54 Å². The summed E-state index contributed by atoms with van der Waals surface area (Å²) in [6.45, 7) is 2.92. The highest BCUT2D eigenvalue weighted by Crippen LogP contribution is 2.34. The van der Waals surface area contributed by atoms with Crippen LogP contribution in [0.1, 0.15) is 35.7 Å². The zero-order valence-corrected chi connectivity index (χ0v) is 10.2. The SMILES string of the molecule is O=C(O)c1cnn2c1NCCC2C1CCCNC1. The highest BCUT2D eigenvalue weighted by molar-refractivity contribution is 5.93. The van der Waals surface area contributed by atoms with Gasteiger partial charge in [0.2, 0.25) is 0 Å². The van der Waals surface area contributed by atoms with Gasteiger partial charge in [-0.05, 0) is 38.3 Å². The fraction of sp³-hybridized carbons (Fsp3) is 0.667. The number of anilines is 1. The molecular weight excluding hydrogens is 232 g/mol. The molecule has 3 rings (SSSR count). The Hall–Kier alpha value is -1.56. The van der Waals surface area contributed by atoms with Crippen molar-refractivity contribution in [1.29, 1.82) is 0 Å². The predicted molar refractivity (Wildman–Crippen MR) is 66.9 cm³/mol. The van der Waals surface area contributed by atoms with E-state index in [4.69, 9.17) is 5.11 Å². The molecule has 0 radical (unpaired) electrons. The number of carboxylic acid groups (broad SMARTS) is 1. The van der Waals surface area contributed by atoms with Crippen molar-refractivity contribution < 1.29 is 9.90 Å². The summed E-state index contributed by atoms with van der Waals surface area (Å²) in [5.41, 5.74) is 0.281. The maximum Gasteiger partial charge on any atom is 0.341 e. The Morgan fingerprint density at radius 1 is 1.44 bits per heavy atom. The molecule has 1 fully saturated rings. The third-order valence-electron chi connectivity index (χ3n) is 3.95. The molecule has 0 amide bonds. The van der Waals surface area contributed by atoms with Gasteiger partial charge in [0.05, 0.1) is 12.2 Å². The van der Waals surface area contributed by atoms with E-state index in [1.54, 1.807) is 0 Å². The Morgan fingerprint density at radius 2 is 2.33 bits per heavy atom. The molecule has 2 unspecified atom stereocenters. The third-order valence-corrected chi connectivity index (χ3v) is 3.95. The lowest BCUT2D eigenvalue weighted by atomic mass is 9.89. The molecule has 1 aromatic rings. The zero-order chi connectivity index (χ0) is 12.5. The molecule has 1 saturated heterocycles. The zero-order valence-electron chi connectivity index (χ0n) is 10.2. The normalized spacial score (nSPS) is 27.3. The lowest BCUT2D eigenvalue weighted by Gasteiger charge is -2.34. The van der Waals surface area contributed by atoms with Crippen molar-refractivity contribution in [2.45, 2.75) is 25.3 Å². The molecule has 1 aromatic heterocycles. The summed E-state index contributed by atoms with van der Waals surface area (Å²) in [5.74, 6) is 0.316. The van der Waals surface area contributed by atoms with Gasteiger partial charge in [-0.1, -0.05) is 0 Å². The van der Waals surface area contributed by atoms with E-state index in [0.717, 1.165) is 26.1 Å². The molecule has 18 heavy (non-hydrogen) atoms. The molecule has 0 aliphatic carbocycles. The largest absolute Gasteiger partial charge is 0.477 e. The average molecular weight is 250 g/mol. The van der Waals surface area contributed by atoms with Crippen molar-refractivity contribution in [3.8, 4) is 0 Å². The van der Waals surface area contributed by atoms with Crippen molar-refractivity contribution in [3.05, 3.63) is 11.8 Å². The predicted octanol–water partition coefficient (Wildman–Crippen LogP) is 0.938. The first kappa shape index (κ1) is 11.5. The van der Waals surface area contributed by atoms with Crippen LogP contribution in [0, 0.1) is 5.92 Å². The highest BCUT2D eigenvalue weighted by atomic mass is 16.4. The van der Waals surface area contributed by atoms with Crippen LogP contribution in [0.3, 0.4) is 0 Å². The van der Waals surface area contributed by atoms with E-state index in [-0.39, 0.29) is 5.56 Å². The number of piperidine rings is 1. The highest BCUT2D eigenvalue weighted by Gasteiger charge is 2.31. The first-order valence-corrected chi connectivity index (χ1v) is 6.53. The van der Waals surface area contributed by atoms with E-state index in [9.17, 15) is 4.79 Å². The van der Waals surface area contributed by atoms with Crippen molar-refractivity contribution in [1.82, 2.24) is 15.1 Å². The molecule has 0 spiro atoms. The number of nitrogens with one attached hydrogen (secondary N) is 2. The standard InChI is InChI=1S/C12H18N4O2/c17-12(18)9-7-15-16-10(3-5-14-11(9)16)8-2-1-4-13-6-8/h7-8,10,13-14H,1-6H2,(H,17,18). The second-order valence-corrected chi connectivity index (χ2v) is 5.05. The minimum atomic E-state index is -0.911. The lowest BCUT2D eigenvalue weighted by molar-refractivity contribution is 0.0697. The van der Waals surface area contributed by atoms with Crippen LogP contribution < -0.4 is 10.6 Å². The number of hydrogen-bond acceptors (Lipinski definition) is 4. The monoisotopic (exact) mass is 250 g/mol. The Labute approximate surface area is 105 Å². The van der Waals surface area contributed by atoms with Gasteiger partial charge in [-0.2, -0.15) is 5.10 Å². The minimum Gasteiger partial charge on any atom is -0.477 e. The second-order valence-electron chi connectivity index (χ2n) is 5.05. The number of carbonyl (C=O) groups is 1. The molecule has 0 bridgehead atoms. The number of fused-ring (bicyclic) bond motifs is 1. The van der Waals surface area contributed by atoms with E-state index in [0.29, 0.717) is 17.8 Å². The van der Waals surface area contributed by atoms with Crippen molar-refractivity contribution >= 4 is 11.8 Å². The molecule has 3 N–H and O–H groups in total. The number of carboxylic acids is 1. The third kappa shape index (κ3) is 1.86. The van der Waals surface area contributed by atoms with Crippen LogP contribution in [0.2, 0.25) is 0 Å². The van der Waals surface area contributed by atoms with Gasteiger partial charge in [0.15, 0.2) is 0 Å². The number of nitrogens with zero attached hydrogens (tertiary/aromatic N) is 2. The molecule has 0 saturated carbocycles. The van der Waals surface area contributed by atoms with Gasteiger partial charge in [-0.15, -0.1) is 0 Å². The van der Waals surface area contributed by atoms with Crippen molar-refractivity contribution in [2.24, 2.45) is 5.92 Å². The van der Waals surface area contributed by atoms with E-state index in [1.165, 1.54) is 19.0 Å². The molecule has 6 nitrogen and oxygen atoms in total. The quantitative estimate of drug-likeness (QED) is 0.728. The molecule has 2 atom stereocenters. The fourth-order valence-electron chi connectivity index (χ4n) is 3.05. The van der Waals surface area contributed by atoms with Gasteiger partial charge in [0.25, 0.3) is 0 Å². The molecule has 2 aliphatic rings. The summed E-state index contributed by atoms with van der Waals surface area (Å²) in [4.78, 5) is 11.1. The molecule has 0 aromatic carbocycles. The maximum absolute atomic E-state index is 11.1. The van der Waals surface area contributed by atoms with E-state index >= 15 is 0 Å². The Bertz CT molecular complexity index is 451. The maximum atomic E-state index is 11.1. The van der Waals surface area contributed by atoms with Crippen LogP contribution in [0.4, 0.5) is 5.82 Å². The fourth-order valence-corrected chi connectivity index (χ4v) is 3.05. The van der Waals surface area contributed by atoms with Gasteiger partial charge < -0.3 is 15.7 Å².